The highest BCUT2D eigenvalue weighted by molar-refractivity contribution is 7.59. The molecule has 0 aromatic rings. The smallest absolute Gasteiger partial charge is 0.204 e. The summed E-state index contributed by atoms with van der Waals surface area (Å²) < 4.78 is 26.9. The predicted molar refractivity (Wildman–Crippen MR) is 136 cm³/mol. The van der Waals surface area contributed by atoms with Crippen LogP contribution in [0.2, 0.25) is 0 Å². The van der Waals surface area contributed by atoms with Gasteiger partial charge in [-0.15, -0.1) is 0 Å². The standard InChI is InChI=1S/C26H50O4P2/c1-17(13-25(3,4)5)15-31(27,28)20-11-21-19-9-23(22(21)12-20)24(10-19)32(29,30)16-18(2)14-26(6,7)8/h17-24H,9-16H2,1-8H3,(H,27,28)(H,29,30). The molecule has 0 aromatic heterocycles. The van der Waals surface area contributed by atoms with E-state index in [1.54, 1.807) is 0 Å². The van der Waals surface area contributed by atoms with E-state index in [0.717, 1.165) is 38.5 Å². The van der Waals surface area contributed by atoms with Gasteiger partial charge in [0.15, 0.2) is 0 Å². The van der Waals surface area contributed by atoms with Crippen molar-refractivity contribution in [1.82, 2.24) is 0 Å². The molecule has 0 radical (unpaired) electrons. The molecule has 3 aliphatic rings. The lowest BCUT2D eigenvalue weighted by Gasteiger charge is -2.35. The van der Waals surface area contributed by atoms with Gasteiger partial charge in [0.25, 0.3) is 0 Å². The Hall–Kier alpha value is 0.380. The average Bonchev–Trinajstić information content (AvgIpc) is 3.21. The molecule has 2 bridgehead atoms. The fraction of sp³-hybridized carbons (Fsp3) is 1.00. The van der Waals surface area contributed by atoms with E-state index in [1.165, 1.54) is 0 Å². The highest BCUT2D eigenvalue weighted by atomic mass is 31.2. The SMILES string of the molecule is CC(CC(C)(C)C)CP(=O)(O)C1CC2C3CC(C2C1)C(P(=O)(O)CC(C)CC(C)(C)C)C3. The minimum atomic E-state index is -3.21. The van der Waals surface area contributed by atoms with E-state index >= 15 is 0 Å². The Morgan fingerprint density at radius 1 is 0.719 bits per heavy atom. The van der Waals surface area contributed by atoms with Crippen LogP contribution in [0.15, 0.2) is 0 Å². The summed E-state index contributed by atoms with van der Waals surface area (Å²) in [6, 6.07) is 0. The second-order valence-electron chi connectivity index (χ2n) is 14.5. The van der Waals surface area contributed by atoms with Crippen LogP contribution in [0.3, 0.4) is 0 Å². The third kappa shape index (κ3) is 6.33. The molecule has 0 heterocycles. The molecule has 0 aliphatic heterocycles. The molecule has 32 heavy (non-hydrogen) atoms. The molecular weight excluding hydrogens is 438 g/mol. The largest absolute Gasteiger partial charge is 0.344 e. The molecule has 0 saturated heterocycles. The predicted octanol–water partition coefficient (Wildman–Crippen LogP) is 7.48. The summed E-state index contributed by atoms with van der Waals surface area (Å²) in [6.07, 6.45) is 6.39. The lowest BCUT2D eigenvalue weighted by atomic mass is 9.81. The Labute approximate surface area is 197 Å². The van der Waals surface area contributed by atoms with E-state index in [1.807, 2.05) is 0 Å². The van der Waals surface area contributed by atoms with E-state index in [-0.39, 0.29) is 34.0 Å². The zero-order valence-electron chi connectivity index (χ0n) is 21.9. The Balaban J connectivity index is 1.63. The Morgan fingerprint density at radius 2 is 1.19 bits per heavy atom. The highest BCUT2D eigenvalue weighted by Gasteiger charge is 2.61. The van der Waals surface area contributed by atoms with Crippen LogP contribution in [0, 0.1) is 46.3 Å². The summed E-state index contributed by atoms with van der Waals surface area (Å²) in [5, 5.41) is 0. The Morgan fingerprint density at radius 3 is 1.69 bits per heavy atom. The molecule has 3 saturated carbocycles. The molecule has 3 aliphatic carbocycles. The maximum Gasteiger partial charge on any atom is 0.204 e. The summed E-state index contributed by atoms with van der Waals surface area (Å²) in [5.41, 5.74) is 0.170. The van der Waals surface area contributed by atoms with Gasteiger partial charge < -0.3 is 9.79 Å². The monoisotopic (exact) mass is 488 g/mol. The van der Waals surface area contributed by atoms with Crippen molar-refractivity contribution in [2.24, 2.45) is 46.3 Å². The highest BCUT2D eigenvalue weighted by Crippen LogP contribution is 2.71. The Bertz CT molecular complexity index is 765. The number of hydrogen-bond acceptors (Lipinski definition) is 2. The van der Waals surface area contributed by atoms with Crippen molar-refractivity contribution in [2.45, 2.75) is 105 Å². The maximum atomic E-state index is 13.5. The van der Waals surface area contributed by atoms with E-state index < -0.39 is 14.7 Å². The fourth-order valence-electron chi connectivity index (χ4n) is 8.20. The maximum absolute atomic E-state index is 13.5. The van der Waals surface area contributed by atoms with Gasteiger partial charge in [0.2, 0.25) is 14.7 Å². The molecule has 4 nitrogen and oxygen atoms in total. The summed E-state index contributed by atoms with van der Waals surface area (Å²) in [5.74, 6) is 2.18. The van der Waals surface area contributed by atoms with Crippen LogP contribution in [0.1, 0.15) is 93.9 Å². The van der Waals surface area contributed by atoms with Gasteiger partial charge in [-0.2, -0.15) is 0 Å². The normalized spacial score (nSPS) is 38.2. The summed E-state index contributed by atoms with van der Waals surface area (Å²) in [6.45, 7) is 17.4. The molecule has 0 amide bonds. The zero-order valence-corrected chi connectivity index (χ0v) is 23.7. The van der Waals surface area contributed by atoms with Crippen LogP contribution in [-0.4, -0.2) is 33.4 Å². The minimum absolute atomic E-state index is 0.0761. The van der Waals surface area contributed by atoms with Gasteiger partial charge in [0.05, 0.1) is 0 Å². The van der Waals surface area contributed by atoms with Crippen LogP contribution in [-0.2, 0) is 9.13 Å². The van der Waals surface area contributed by atoms with Crippen LogP contribution in [0.25, 0.3) is 0 Å². The number of fused-ring (bicyclic) bond motifs is 5. The first-order chi connectivity index (χ1) is 14.4. The van der Waals surface area contributed by atoms with Gasteiger partial charge >= 0.3 is 0 Å². The Kier molecular flexibility index (Phi) is 7.68. The van der Waals surface area contributed by atoms with Gasteiger partial charge in [-0.05, 0) is 84.9 Å². The van der Waals surface area contributed by atoms with E-state index in [2.05, 4.69) is 55.4 Å². The molecule has 0 aromatic carbocycles. The minimum Gasteiger partial charge on any atom is -0.344 e. The molecule has 2 N–H and O–H groups in total. The first-order valence-electron chi connectivity index (χ1n) is 13.0. The molecule has 3 fully saturated rings. The van der Waals surface area contributed by atoms with Crippen LogP contribution < -0.4 is 0 Å². The van der Waals surface area contributed by atoms with Gasteiger partial charge in [0.1, 0.15) is 0 Å². The van der Waals surface area contributed by atoms with Crippen molar-refractivity contribution in [2.75, 3.05) is 12.3 Å². The lowest BCUT2D eigenvalue weighted by Crippen LogP contribution is -2.30. The second kappa shape index (κ2) is 9.11. The van der Waals surface area contributed by atoms with Crippen molar-refractivity contribution >= 4 is 14.7 Å². The van der Waals surface area contributed by atoms with E-state index in [0.29, 0.717) is 36.0 Å². The third-order valence-electron chi connectivity index (χ3n) is 8.56. The summed E-state index contributed by atoms with van der Waals surface area (Å²) in [7, 11) is -6.41. The van der Waals surface area contributed by atoms with Crippen molar-refractivity contribution < 1.29 is 18.9 Å². The summed E-state index contributed by atoms with van der Waals surface area (Å²) in [4.78, 5) is 22.2. The van der Waals surface area contributed by atoms with Crippen molar-refractivity contribution in [3.05, 3.63) is 0 Å². The third-order valence-corrected chi connectivity index (χ3v) is 14.1. The average molecular weight is 489 g/mol. The topological polar surface area (TPSA) is 74.6 Å². The summed E-state index contributed by atoms with van der Waals surface area (Å²) >= 11 is 0. The molecule has 3 rings (SSSR count). The first-order valence-corrected chi connectivity index (χ1v) is 16.8. The van der Waals surface area contributed by atoms with Gasteiger partial charge in [-0.3, -0.25) is 9.13 Å². The first kappa shape index (κ1) is 27.0. The molecule has 10 atom stereocenters. The van der Waals surface area contributed by atoms with E-state index in [9.17, 15) is 18.9 Å². The molecule has 10 unspecified atom stereocenters. The molecule has 6 heteroatoms. The quantitative estimate of drug-likeness (QED) is 0.347. The van der Waals surface area contributed by atoms with Crippen molar-refractivity contribution in [1.29, 1.82) is 0 Å². The van der Waals surface area contributed by atoms with Gasteiger partial charge in [0, 0.05) is 23.6 Å². The van der Waals surface area contributed by atoms with Crippen molar-refractivity contribution in [3.63, 3.8) is 0 Å². The lowest BCUT2D eigenvalue weighted by molar-refractivity contribution is 0.250. The number of hydrogen-bond donors (Lipinski definition) is 2. The van der Waals surface area contributed by atoms with Crippen LogP contribution in [0.5, 0.6) is 0 Å². The fourth-order valence-corrected chi connectivity index (χ4v) is 13.5. The van der Waals surface area contributed by atoms with E-state index in [4.69, 9.17) is 0 Å². The number of rotatable bonds is 8. The van der Waals surface area contributed by atoms with Crippen LogP contribution in [0.4, 0.5) is 0 Å². The molecule has 188 valence electrons. The van der Waals surface area contributed by atoms with Crippen LogP contribution >= 0.6 is 14.7 Å². The molecule has 0 spiro atoms. The zero-order chi connectivity index (χ0) is 24.3. The second-order valence-corrected chi connectivity index (χ2v) is 19.7. The van der Waals surface area contributed by atoms with Gasteiger partial charge in [-0.25, -0.2) is 0 Å². The van der Waals surface area contributed by atoms with Gasteiger partial charge in [-0.1, -0.05) is 55.4 Å². The molecular formula is C26H50O4P2. The van der Waals surface area contributed by atoms with Crippen molar-refractivity contribution in [3.8, 4) is 0 Å².